The smallest absolute Gasteiger partial charge is 0.411 e. The summed E-state index contributed by atoms with van der Waals surface area (Å²) in [5, 5.41) is 8.59. The first kappa shape index (κ1) is 26.2. The van der Waals surface area contributed by atoms with Gasteiger partial charge in [-0.3, -0.25) is 14.9 Å². The van der Waals surface area contributed by atoms with Gasteiger partial charge in [-0.1, -0.05) is 53.5 Å². The Labute approximate surface area is 203 Å². The van der Waals surface area contributed by atoms with Gasteiger partial charge in [-0.05, 0) is 52.0 Å². The minimum atomic E-state index is -1.11. The molecule has 0 radical (unpaired) electrons. The first-order valence-electron chi connectivity index (χ1n) is 10.1. The van der Waals surface area contributed by atoms with Gasteiger partial charge in [0.15, 0.2) is 0 Å². The van der Waals surface area contributed by atoms with Crippen molar-refractivity contribution in [1.29, 1.82) is 0 Å². The molecule has 3 amide bonds. The number of carbonyl (C=O) groups excluding carboxylic acids is 3. The van der Waals surface area contributed by atoms with Crippen molar-refractivity contribution in [3.8, 4) is 0 Å². The van der Waals surface area contributed by atoms with Gasteiger partial charge in [-0.2, -0.15) is 0 Å². The van der Waals surface area contributed by atoms with E-state index in [-0.39, 0.29) is 17.2 Å². The van der Waals surface area contributed by atoms with E-state index in [9.17, 15) is 14.4 Å². The topological polar surface area (TPSA) is 96.5 Å². The fourth-order valence-electron chi connectivity index (χ4n) is 2.70. The van der Waals surface area contributed by atoms with Gasteiger partial charge in [0.2, 0.25) is 5.91 Å². The fourth-order valence-corrected chi connectivity index (χ4v) is 3.22. The fraction of sp³-hybridized carbons (Fsp3) is 0.292. The number of anilines is 1. The van der Waals surface area contributed by atoms with Crippen LogP contribution in [0.1, 0.15) is 37.9 Å². The summed E-state index contributed by atoms with van der Waals surface area (Å²) in [6.07, 6.45) is -0.740. The number of carbonyl (C=O) groups is 3. The first-order chi connectivity index (χ1) is 15.4. The second-order valence-electron chi connectivity index (χ2n) is 8.48. The Balaban J connectivity index is 2.06. The predicted octanol–water partition coefficient (Wildman–Crippen LogP) is 5.18. The zero-order chi connectivity index (χ0) is 24.8. The van der Waals surface area contributed by atoms with Crippen LogP contribution < -0.4 is 16.0 Å². The number of nitrogens with one attached hydrogen (secondary N) is 3. The molecule has 0 aliphatic carbocycles. The molecule has 0 saturated heterocycles. The number of amides is 3. The van der Waals surface area contributed by atoms with Crippen molar-refractivity contribution in [2.75, 3.05) is 11.9 Å². The molecule has 0 aromatic heterocycles. The minimum Gasteiger partial charge on any atom is -0.444 e. The normalized spacial score (nSPS) is 11.8. The lowest BCUT2D eigenvalue weighted by Gasteiger charge is -2.26. The zero-order valence-electron chi connectivity index (χ0n) is 18.9. The molecule has 0 fully saturated rings. The van der Waals surface area contributed by atoms with E-state index in [1.165, 1.54) is 6.07 Å². The number of halogens is 2. The van der Waals surface area contributed by atoms with E-state index in [1.807, 2.05) is 39.8 Å². The van der Waals surface area contributed by atoms with Gasteiger partial charge in [0.25, 0.3) is 5.91 Å². The molecule has 0 aliphatic heterocycles. The highest BCUT2D eigenvalue weighted by atomic mass is 35.5. The van der Waals surface area contributed by atoms with Gasteiger partial charge in [-0.25, -0.2) is 4.79 Å². The number of benzene rings is 2. The molecule has 2 aromatic carbocycles. The van der Waals surface area contributed by atoms with Crippen LogP contribution in [0.25, 0.3) is 0 Å². The van der Waals surface area contributed by atoms with Crippen LogP contribution in [-0.2, 0) is 14.3 Å². The summed E-state index contributed by atoms with van der Waals surface area (Å²) in [6.45, 7) is 10.7. The third-order valence-corrected chi connectivity index (χ3v) is 4.87. The molecule has 3 N–H and O–H groups in total. The Morgan fingerprint density at radius 3 is 2.27 bits per heavy atom. The van der Waals surface area contributed by atoms with Crippen LogP contribution >= 0.6 is 23.2 Å². The van der Waals surface area contributed by atoms with Crippen LogP contribution in [0.2, 0.25) is 10.0 Å². The van der Waals surface area contributed by atoms with Crippen molar-refractivity contribution < 1.29 is 19.1 Å². The van der Waals surface area contributed by atoms with Crippen molar-refractivity contribution in [3.05, 3.63) is 75.8 Å². The van der Waals surface area contributed by atoms with Gasteiger partial charge in [0.05, 0.1) is 0 Å². The zero-order valence-corrected chi connectivity index (χ0v) is 20.4. The third-order valence-electron chi connectivity index (χ3n) is 4.31. The molecule has 9 heteroatoms. The van der Waals surface area contributed by atoms with Crippen molar-refractivity contribution in [3.63, 3.8) is 0 Å². The second kappa shape index (κ2) is 11.2. The summed E-state index contributed by atoms with van der Waals surface area (Å²) < 4.78 is 5.07. The summed E-state index contributed by atoms with van der Waals surface area (Å²) in [7, 11) is 0. The number of aryl methyl sites for hydroxylation is 1. The van der Waals surface area contributed by atoms with Crippen LogP contribution in [0, 0.1) is 6.92 Å². The molecule has 0 spiro atoms. The molecular weight excluding hydrogens is 465 g/mol. The molecule has 0 aliphatic rings. The maximum atomic E-state index is 12.9. The maximum absolute atomic E-state index is 12.9. The molecule has 1 unspecified atom stereocenters. The molecule has 0 heterocycles. The number of ether oxygens (including phenoxy) is 1. The van der Waals surface area contributed by atoms with Gasteiger partial charge in [0.1, 0.15) is 12.6 Å². The quantitative estimate of drug-likeness (QED) is 0.464. The van der Waals surface area contributed by atoms with Crippen molar-refractivity contribution >= 4 is 46.8 Å². The molecule has 1 atom stereocenters. The average molecular weight is 492 g/mol. The van der Waals surface area contributed by atoms with E-state index < -0.39 is 29.5 Å². The summed E-state index contributed by atoms with van der Waals surface area (Å²) in [5.74, 6) is -1.14. The summed E-state index contributed by atoms with van der Waals surface area (Å²) in [4.78, 5) is 37.6. The molecule has 0 bridgehead atoms. The number of hydrogen-bond acceptors (Lipinski definition) is 4. The molecular formula is C24H27Cl2N3O4. The molecule has 33 heavy (non-hydrogen) atoms. The van der Waals surface area contributed by atoms with Crippen molar-refractivity contribution in [2.45, 2.75) is 39.3 Å². The van der Waals surface area contributed by atoms with E-state index in [4.69, 9.17) is 27.9 Å². The monoisotopic (exact) mass is 491 g/mol. The lowest BCUT2D eigenvalue weighted by Crippen LogP contribution is -2.48. The predicted molar refractivity (Wildman–Crippen MR) is 131 cm³/mol. The minimum absolute atomic E-state index is 0.0484. The summed E-state index contributed by atoms with van der Waals surface area (Å²) in [5.41, 5.74) is 1.36. The number of rotatable bonds is 7. The van der Waals surface area contributed by atoms with Crippen LogP contribution in [0.15, 0.2) is 54.6 Å². The Morgan fingerprint density at radius 1 is 1.06 bits per heavy atom. The highest BCUT2D eigenvalue weighted by Gasteiger charge is 2.28. The molecule has 2 rings (SSSR count). The highest BCUT2D eigenvalue weighted by Crippen LogP contribution is 2.27. The maximum Gasteiger partial charge on any atom is 0.411 e. The van der Waals surface area contributed by atoms with Crippen LogP contribution in [0.4, 0.5) is 10.5 Å². The largest absolute Gasteiger partial charge is 0.444 e. The third kappa shape index (κ3) is 8.44. The van der Waals surface area contributed by atoms with Crippen molar-refractivity contribution in [2.24, 2.45) is 0 Å². The number of hydrogen-bond donors (Lipinski definition) is 3. The molecule has 0 saturated carbocycles. The Hall–Kier alpha value is -3.03. The standard InChI is InChI=1S/C24H27Cl2N3O4/c1-14-6-9-17(10-7-14)27-23(32)33-13-15(2)21(30)28-20(22(31)29-24(3,4)5)18-11-8-16(25)12-19(18)26/h6-12,20H,2,13H2,1,3-5H3,(H,27,32)(H,28,30)(H,29,31). The van der Waals surface area contributed by atoms with E-state index in [0.29, 0.717) is 16.3 Å². The van der Waals surface area contributed by atoms with Crippen LogP contribution in [0.5, 0.6) is 0 Å². The van der Waals surface area contributed by atoms with E-state index in [0.717, 1.165) is 5.56 Å². The van der Waals surface area contributed by atoms with Crippen LogP contribution in [-0.4, -0.2) is 30.1 Å². The second-order valence-corrected chi connectivity index (χ2v) is 9.33. The summed E-state index contributed by atoms with van der Waals surface area (Å²) in [6, 6.07) is 10.6. The average Bonchev–Trinajstić information content (AvgIpc) is 2.71. The molecule has 176 valence electrons. The van der Waals surface area contributed by atoms with Crippen LogP contribution in [0.3, 0.4) is 0 Å². The van der Waals surface area contributed by atoms with Gasteiger partial charge >= 0.3 is 6.09 Å². The molecule has 2 aromatic rings. The summed E-state index contributed by atoms with van der Waals surface area (Å²) >= 11 is 12.2. The lowest BCUT2D eigenvalue weighted by molar-refractivity contribution is -0.128. The first-order valence-corrected chi connectivity index (χ1v) is 10.9. The van der Waals surface area contributed by atoms with Gasteiger partial charge in [0, 0.05) is 32.4 Å². The van der Waals surface area contributed by atoms with E-state index in [1.54, 1.807) is 24.3 Å². The Morgan fingerprint density at radius 2 is 1.70 bits per heavy atom. The van der Waals surface area contributed by atoms with Gasteiger partial charge < -0.3 is 15.4 Å². The van der Waals surface area contributed by atoms with Gasteiger partial charge in [-0.15, -0.1) is 0 Å². The van der Waals surface area contributed by atoms with E-state index in [2.05, 4.69) is 22.5 Å². The van der Waals surface area contributed by atoms with Crippen molar-refractivity contribution in [1.82, 2.24) is 10.6 Å². The van der Waals surface area contributed by atoms with E-state index >= 15 is 0 Å². The molecule has 7 nitrogen and oxygen atoms in total. The lowest BCUT2D eigenvalue weighted by atomic mass is 10.0. The Bertz CT molecular complexity index is 1050. The SMILES string of the molecule is C=C(COC(=O)Nc1ccc(C)cc1)C(=O)NC(C(=O)NC(C)(C)C)c1ccc(Cl)cc1Cl. The Kier molecular flexibility index (Phi) is 8.91. The highest BCUT2D eigenvalue weighted by molar-refractivity contribution is 6.35.